The molecule has 1 aromatic rings. The zero-order valence-corrected chi connectivity index (χ0v) is 12.7. The first-order valence-electron chi connectivity index (χ1n) is 6.28. The van der Waals surface area contributed by atoms with Crippen molar-refractivity contribution in [3.05, 3.63) is 4.60 Å². The van der Waals surface area contributed by atoms with Gasteiger partial charge in [0.05, 0.1) is 17.2 Å². The van der Waals surface area contributed by atoms with Crippen LogP contribution in [-0.2, 0) is 9.31 Å². The minimum Gasteiger partial charge on any atom is -0.398 e. The van der Waals surface area contributed by atoms with E-state index in [4.69, 9.17) is 9.31 Å². The van der Waals surface area contributed by atoms with Crippen molar-refractivity contribution in [2.45, 2.75) is 57.8 Å². The first-order chi connectivity index (χ1) is 8.32. The molecule has 0 N–H and O–H groups in total. The minimum absolute atomic E-state index is 0.347. The van der Waals surface area contributed by atoms with Crippen LogP contribution in [0.25, 0.3) is 0 Å². The lowest BCUT2D eigenvalue weighted by molar-refractivity contribution is 0.00578. The molecule has 0 unspecified atom stereocenters. The maximum absolute atomic E-state index is 5.98. The minimum atomic E-state index is -0.447. The molecule has 2 aliphatic rings. The average molecular weight is 314 g/mol. The summed E-state index contributed by atoms with van der Waals surface area (Å²) < 4.78 is 14.7. The summed E-state index contributed by atoms with van der Waals surface area (Å²) in [4.78, 5) is 0. The number of nitrogens with zero attached hydrogens (tertiary/aromatic N) is 3. The topological polar surface area (TPSA) is 49.2 Å². The number of hydrogen-bond acceptors (Lipinski definition) is 4. The fraction of sp³-hybridized carbons (Fsp3) is 0.818. The molecular weight excluding hydrogens is 297 g/mol. The van der Waals surface area contributed by atoms with Gasteiger partial charge in [-0.3, -0.25) is 0 Å². The molecule has 0 atom stereocenters. The van der Waals surface area contributed by atoms with E-state index in [1.807, 2.05) is 32.4 Å². The van der Waals surface area contributed by atoms with Gasteiger partial charge >= 0.3 is 7.12 Å². The van der Waals surface area contributed by atoms with Gasteiger partial charge in [0.15, 0.2) is 0 Å². The van der Waals surface area contributed by atoms with E-state index in [1.165, 1.54) is 12.8 Å². The fourth-order valence-corrected chi connectivity index (χ4v) is 2.57. The van der Waals surface area contributed by atoms with Gasteiger partial charge in [-0.15, -0.1) is 5.10 Å². The van der Waals surface area contributed by atoms with Gasteiger partial charge in [-0.05, 0) is 56.5 Å². The number of aromatic nitrogens is 3. The quantitative estimate of drug-likeness (QED) is 0.779. The van der Waals surface area contributed by atoms with Crippen LogP contribution < -0.4 is 5.59 Å². The van der Waals surface area contributed by atoms with Crippen molar-refractivity contribution in [3.8, 4) is 0 Å². The van der Waals surface area contributed by atoms with Gasteiger partial charge in [0.1, 0.15) is 10.2 Å². The van der Waals surface area contributed by atoms with Gasteiger partial charge in [-0.1, -0.05) is 5.21 Å². The SMILES string of the molecule is CC1(C)OB(c2nnn(C3CC3)c2Br)OC1(C)C. The molecule has 1 aliphatic carbocycles. The van der Waals surface area contributed by atoms with Crippen LogP contribution in [0, 0.1) is 0 Å². The molecule has 2 heterocycles. The zero-order chi connectivity index (χ0) is 13.1. The summed E-state index contributed by atoms with van der Waals surface area (Å²) in [5, 5.41) is 8.38. The molecule has 1 aromatic heterocycles. The van der Waals surface area contributed by atoms with Crippen LogP contribution in [0.5, 0.6) is 0 Å². The van der Waals surface area contributed by atoms with Gasteiger partial charge in [-0.25, -0.2) is 4.68 Å². The highest BCUT2D eigenvalue weighted by molar-refractivity contribution is 9.10. The van der Waals surface area contributed by atoms with E-state index >= 15 is 0 Å². The molecule has 1 saturated carbocycles. The van der Waals surface area contributed by atoms with Crippen LogP contribution in [0.1, 0.15) is 46.6 Å². The maximum atomic E-state index is 5.98. The highest BCUT2D eigenvalue weighted by atomic mass is 79.9. The fourth-order valence-electron chi connectivity index (χ4n) is 1.95. The molecule has 0 bridgehead atoms. The van der Waals surface area contributed by atoms with Gasteiger partial charge in [0, 0.05) is 0 Å². The highest BCUT2D eigenvalue weighted by Crippen LogP contribution is 2.38. The van der Waals surface area contributed by atoms with Crippen molar-refractivity contribution in [2.24, 2.45) is 0 Å². The Kier molecular flexibility index (Phi) is 2.67. The molecule has 0 amide bonds. The van der Waals surface area contributed by atoms with Crippen molar-refractivity contribution in [1.29, 1.82) is 0 Å². The second-order valence-corrected chi connectivity index (χ2v) is 6.78. The molecule has 98 valence electrons. The third-order valence-corrected chi connectivity index (χ3v) is 4.80. The molecule has 2 fully saturated rings. The lowest BCUT2D eigenvalue weighted by Crippen LogP contribution is -2.41. The van der Waals surface area contributed by atoms with E-state index in [0.717, 1.165) is 10.2 Å². The molecule has 5 nitrogen and oxygen atoms in total. The second-order valence-electron chi connectivity index (χ2n) is 6.03. The van der Waals surface area contributed by atoms with E-state index in [2.05, 4.69) is 26.2 Å². The van der Waals surface area contributed by atoms with E-state index in [1.54, 1.807) is 0 Å². The van der Waals surface area contributed by atoms with Crippen LogP contribution in [0.3, 0.4) is 0 Å². The summed E-state index contributed by atoms with van der Waals surface area (Å²) in [6.07, 6.45) is 2.34. The zero-order valence-electron chi connectivity index (χ0n) is 11.1. The largest absolute Gasteiger partial charge is 0.519 e. The van der Waals surface area contributed by atoms with Gasteiger partial charge in [0.25, 0.3) is 0 Å². The lowest BCUT2D eigenvalue weighted by atomic mass is 9.86. The molecular formula is C11H17BBrN3O2. The van der Waals surface area contributed by atoms with Crippen molar-refractivity contribution in [1.82, 2.24) is 15.0 Å². The standard InChI is InChI=1S/C11H17BBrN3O2/c1-10(2)11(3,4)18-12(17-10)8-9(13)16(15-14-8)7-5-6-7/h7H,5-6H2,1-4H3. The van der Waals surface area contributed by atoms with Crippen molar-refractivity contribution >= 4 is 28.6 Å². The maximum Gasteiger partial charge on any atom is 0.519 e. The third-order valence-electron chi connectivity index (χ3n) is 4.03. The van der Waals surface area contributed by atoms with Gasteiger partial charge < -0.3 is 9.31 Å². The Morgan fingerprint density at radius 3 is 2.28 bits per heavy atom. The van der Waals surface area contributed by atoms with E-state index in [-0.39, 0.29) is 11.2 Å². The Labute approximate surface area is 115 Å². The normalized spacial score (nSPS) is 25.7. The summed E-state index contributed by atoms with van der Waals surface area (Å²) >= 11 is 3.55. The first-order valence-corrected chi connectivity index (χ1v) is 7.07. The monoisotopic (exact) mass is 313 g/mol. The Morgan fingerprint density at radius 1 is 1.22 bits per heavy atom. The first kappa shape index (κ1) is 12.6. The van der Waals surface area contributed by atoms with E-state index < -0.39 is 7.12 Å². The average Bonchev–Trinajstić information content (AvgIpc) is 2.96. The molecule has 3 rings (SSSR count). The number of halogens is 1. The van der Waals surface area contributed by atoms with Crippen LogP contribution in [-0.4, -0.2) is 33.3 Å². The smallest absolute Gasteiger partial charge is 0.398 e. The van der Waals surface area contributed by atoms with Crippen molar-refractivity contribution < 1.29 is 9.31 Å². The Bertz CT molecular complexity index is 469. The summed E-state index contributed by atoms with van der Waals surface area (Å²) in [5.41, 5.74) is 0.0431. The van der Waals surface area contributed by atoms with Crippen molar-refractivity contribution in [3.63, 3.8) is 0 Å². The molecule has 1 aliphatic heterocycles. The third kappa shape index (κ3) is 1.83. The molecule has 0 radical (unpaired) electrons. The second kappa shape index (κ2) is 3.80. The van der Waals surface area contributed by atoms with Crippen molar-refractivity contribution in [2.75, 3.05) is 0 Å². The van der Waals surface area contributed by atoms with Gasteiger partial charge in [0.2, 0.25) is 0 Å². The van der Waals surface area contributed by atoms with Crippen LogP contribution in [0.15, 0.2) is 4.60 Å². The number of hydrogen-bond donors (Lipinski definition) is 0. The highest BCUT2D eigenvalue weighted by Gasteiger charge is 2.53. The van der Waals surface area contributed by atoms with Gasteiger partial charge in [-0.2, -0.15) is 0 Å². The van der Waals surface area contributed by atoms with Crippen LogP contribution in [0.2, 0.25) is 0 Å². The Hall–Kier alpha value is -0.395. The summed E-state index contributed by atoms with van der Waals surface area (Å²) in [6.45, 7) is 8.14. The lowest BCUT2D eigenvalue weighted by Gasteiger charge is -2.32. The molecule has 7 heteroatoms. The predicted octanol–water partition coefficient (Wildman–Crippen LogP) is 1.67. The molecule has 0 aromatic carbocycles. The predicted molar refractivity (Wildman–Crippen MR) is 71.7 cm³/mol. The van der Waals surface area contributed by atoms with E-state index in [0.29, 0.717) is 6.04 Å². The summed E-state index contributed by atoms with van der Waals surface area (Å²) in [6, 6.07) is 0.489. The summed E-state index contributed by atoms with van der Waals surface area (Å²) in [5.74, 6) is 0. The molecule has 1 saturated heterocycles. The Morgan fingerprint density at radius 2 is 1.78 bits per heavy atom. The van der Waals surface area contributed by atoms with Crippen LogP contribution >= 0.6 is 15.9 Å². The van der Waals surface area contributed by atoms with Crippen LogP contribution in [0.4, 0.5) is 0 Å². The molecule has 18 heavy (non-hydrogen) atoms. The Balaban J connectivity index is 1.88. The van der Waals surface area contributed by atoms with E-state index in [9.17, 15) is 0 Å². The number of rotatable bonds is 2. The molecule has 0 spiro atoms. The summed E-state index contributed by atoms with van der Waals surface area (Å²) in [7, 11) is -0.447.